The van der Waals surface area contributed by atoms with Gasteiger partial charge in [0, 0.05) is 24.9 Å². The molecule has 0 bridgehead atoms. The Labute approximate surface area is 103 Å². The zero-order valence-electron chi connectivity index (χ0n) is 9.01. The van der Waals surface area contributed by atoms with Crippen molar-refractivity contribution >= 4 is 17.3 Å². The number of pyridine rings is 1. The van der Waals surface area contributed by atoms with Crippen molar-refractivity contribution in [2.75, 3.05) is 5.73 Å². The molecule has 6 heteroatoms. The van der Waals surface area contributed by atoms with E-state index in [9.17, 15) is 4.79 Å². The largest absolute Gasteiger partial charge is 0.392 e. The molecule has 2 heterocycles. The molecule has 0 saturated heterocycles. The third-order valence-corrected chi connectivity index (χ3v) is 2.66. The number of rotatable bonds is 3. The summed E-state index contributed by atoms with van der Waals surface area (Å²) in [6.45, 7) is 0.476. The Kier molecular flexibility index (Phi) is 3.39. The van der Waals surface area contributed by atoms with Crippen molar-refractivity contribution in [2.45, 2.75) is 13.0 Å². The van der Waals surface area contributed by atoms with Crippen LogP contribution in [-0.4, -0.2) is 14.5 Å². The summed E-state index contributed by atoms with van der Waals surface area (Å²) in [6, 6.07) is 5.65. The van der Waals surface area contributed by atoms with Crippen molar-refractivity contribution in [1.82, 2.24) is 14.5 Å². The average Bonchev–Trinajstić information content (AvgIpc) is 2.36. The monoisotopic (exact) mass is 250 g/mol. The molecule has 5 nitrogen and oxygen atoms in total. The van der Waals surface area contributed by atoms with Crippen LogP contribution in [-0.2, 0) is 13.0 Å². The quantitative estimate of drug-likeness (QED) is 0.829. The molecule has 0 fully saturated rings. The molecule has 0 radical (unpaired) electrons. The lowest BCUT2D eigenvalue weighted by Gasteiger charge is -2.06. The van der Waals surface area contributed by atoms with Crippen LogP contribution in [0, 0.1) is 0 Å². The molecule has 2 aromatic heterocycles. The highest BCUT2D eigenvalue weighted by molar-refractivity contribution is 6.31. The first kappa shape index (κ1) is 11.6. The Hall–Kier alpha value is -1.88. The molecular weight excluding hydrogens is 240 g/mol. The molecule has 2 rings (SSSR count). The van der Waals surface area contributed by atoms with E-state index in [1.807, 2.05) is 18.2 Å². The first-order chi connectivity index (χ1) is 8.18. The number of hydrogen-bond donors (Lipinski definition) is 1. The van der Waals surface area contributed by atoms with Crippen molar-refractivity contribution in [3.05, 3.63) is 51.9 Å². The highest BCUT2D eigenvalue weighted by atomic mass is 35.5. The summed E-state index contributed by atoms with van der Waals surface area (Å²) in [4.78, 5) is 19.7. The number of nitrogen functional groups attached to an aromatic ring is 1. The molecule has 17 heavy (non-hydrogen) atoms. The number of aryl methyl sites for hydroxylation is 2. The minimum atomic E-state index is -0.319. The van der Waals surface area contributed by atoms with Crippen LogP contribution in [0.4, 0.5) is 5.69 Å². The Morgan fingerprint density at radius 2 is 2.18 bits per heavy atom. The van der Waals surface area contributed by atoms with Gasteiger partial charge in [-0.05, 0) is 12.1 Å². The van der Waals surface area contributed by atoms with E-state index in [4.69, 9.17) is 17.3 Å². The predicted octanol–water partition coefficient (Wildman–Crippen LogP) is 1.12. The molecule has 0 aliphatic heterocycles. The highest BCUT2D eigenvalue weighted by Crippen LogP contribution is 2.08. The fourth-order valence-corrected chi connectivity index (χ4v) is 1.55. The van der Waals surface area contributed by atoms with E-state index in [1.165, 1.54) is 10.9 Å². The number of halogens is 1. The van der Waals surface area contributed by atoms with Crippen LogP contribution in [0.15, 0.2) is 35.5 Å². The smallest absolute Gasteiger partial charge is 0.278 e. The molecule has 0 amide bonds. The summed E-state index contributed by atoms with van der Waals surface area (Å²) >= 11 is 5.64. The minimum Gasteiger partial charge on any atom is -0.392 e. The lowest BCUT2D eigenvalue weighted by Crippen LogP contribution is -2.24. The molecule has 0 saturated carbocycles. The second-order valence-corrected chi connectivity index (χ2v) is 3.88. The summed E-state index contributed by atoms with van der Waals surface area (Å²) in [5, 5.41) is 0.0455. The molecule has 2 aromatic rings. The fourth-order valence-electron chi connectivity index (χ4n) is 1.43. The van der Waals surface area contributed by atoms with Crippen LogP contribution >= 0.6 is 11.6 Å². The van der Waals surface area contributed by atoms with Crippen LogP contribution in [0.1, 0.15) is 5.69 Å². The lowest BCUT2D eigenvalue weighted by molar-refractivity contribution is 0.649. The van der Waals surface area contributed by atoms with Crippen molar-refractivity contribution in [3.63, 3.8) is 0 Å². The second kappa shape index (κ2) is 4.97. The summed E-state index contributed by atoms with van der Waals surface area (Å²) in [5.74, 6) is 0. The zero-order valence-corrected chi connectivity index (χ0v) is 9.76. The molecule has 88 valence electrons. The molecule has 0 aromatic carbocycles. The van der Waals surface area contributed by atoms with E-state index >= 15 is 0 Å². The van der Waals surface area contributed by atoms with Gasteiger partial charge in [0.05, 0.1) is 6.33 Å². The molecule has 0 spiro atoms. The van der Waals surface area contributed by atoms with Gasteiger partial charge in [-0.1, -0.05) is 17.7 Å². The molecule has 0 atom stereocenters. The maximum Gasteiger partial charge on any atom is 0.278 e. The van der Waals surface area contributed by atoms with Crippen LogP contribution in [0.5, 0.6) is 0 Å². The van der Waals surface area contributed by atoms with Gasteiger partial charge in [-0.3, -0.25) is 14.3 Å². The van der Waals surface area contributed by atoms with Gasteiger partial charge in [-0.15, -0.1) is 0 Å². The predicted molar refractivity (Wildman–Crippen MR) is 65.9 cm³/mol. The van der Waals surface area contributed by atoms with Gasteiger partial charge in [-0.25, -0.2) is 4.98 Å². The number of nitrogens with two attached hydrogens (primary N) is 1. The van der Waals surface area contributed by atoms with Crippen molar-refractivity contribution in [3.8, 4) is 0 Å². The molecule has 0 unspecified atom stereocenters. The van der Waals surface area contributed by atoms with Gasteiger partial charge in [-0.2, -0.15) is 0 Å². The van der Waals surface area contributed by atoms with Gasteiger partial charge in [0.1, 0.15) is 5.69 Å². The van der Waals surface area contributed by atoms with E-state index < -0.39 is 0 Å². The molecular formula is C11H11ClN4O. The molecule has 0 aliphatic rings. The van der Waals surface area contributed by atoms with Crippen molar-refractivity contribution < 1.29 is 0 Å². The standard InChI is InChI=1S/C11H11ClN4O/c12-10-9(13)11(17)16(7-15-10)6-4-8-3-1-2-5-14-8/h1-3,5,7H,4,6,13H2. The lowest BCUT2D eigenvalue weighted by atomic mass is 10.3. The number of hydrogen-bond acceptors (Lipinski definition) is 4. The highest BCUT2D eigenvalue weighted by Gasteiger charge is 2.06. The van der Waals surface area contributed by atoms with Crippen LogP contribution in [0.25, 0.3) is 0 Å². The van der Waals surface area contributed by atoms with Crippen LogP contribution in [0.2, 0.25) is 5.15 Å². The summed E-state index contributed by atoms with van der Waals surface area (Å²) in [7, 11) is 0. The van der Waals surface area contributed by atoms with E-state index in [0.29, 0.717) is 13.0 Å². The minimum absolute atomic E-state index is 0.0183. The SMILES string of the molecule is Nc1c(Cl)ncn(CCc2ccccn2)c1=O. The Balaban J connectivity index is 2.16. The van der Waals surface area contributed by atoms with Gasteiger partial charge in [0.15, 0.2) is 5.15 Å². The first-order valence-electron chi connectivity index (χ1n) is 5.09. The van der Waals surface area contributed by atoms with E-state index in [-0.39, 0.29) is 16.4 Å². The number of aromatic nitrogens is 3. The van der Waals surface area contributed by atoms with Gasteiger partial charge in [0.2, 0.25) is 0 Å². The summed E-state index contributed by atoms with van der Waals surface area (Å²) in [6.07, 6.45) is 3.75. The Morgan fingerprint density at radius 1 is 1.35 bits per heavy atom. The summed E-state index contributed by atoms with van der Waals surface area (Å²) in [5.41, 5.74) is 6.08. The van der Waals surface area contributed by atoms with Gasteiger partial charge in [0.25, 0.3) is 5.56 Å². The number of nitrogens with zero attached hydrogens (tertiary/aromatic N) is 3. The molecule has 0 aliphatic carbocycles. The summed E-state index contributed by atoms with van der Waals surface area (Å²) < 4.78 is 1.43. The fraction of sp³-hybridized carbons (Fsp3) is 0.182. The normalized spacial score (nSPS) is 10.4. The van der Waals surface area contributed by atoms with Crippen molar-refractivity contribution in [1.29, 1.82) is 0 Å². The van der Waals surface area contributed by atoms with E-state index in [1.54, 1.807) is 6.20 Å². The van der Waals surface area contributed by atoms with Crippen LogP contribution in [0.3, 0.4) is 0 Å². The van der Waals surface area contributed by atoms with E-state index in [2.05, 4.69) is 9.97 Å². The van der Waals surface area contributed by atoms with Crippen LogP contribution < -0.4 is 11.3 Å². The topological polar surface area (TPSA) is 73.8 Å². The first-order valence-corrected chi connectivity index (χ1v) is 5.46. The molecule has 2 N–H and O–H groups in total. The third-order valence-electron chi connectivity index (χ3n) is 2.36. The van der Waals surface area contributed by atoms with Crippen molar-refractivity contribution in [2.24, 2.45) is 0 Å². The Bertz CT molecular complexity index is 567. The maximum atomic E-state index is 11.7. The third kappa shape index (κ3) is 2.62. The second-order valence-electron chi connectivity index (χ2n) is 3.52. The average molecular weight is 251 g/mol. The Morgan fingerprint density at radius 3 is 2.88 bits per heavy atom. The van der Waals surface area contributed by atoms with Gasteiger partial charge < -0.3 is 5.73 Å². The maximum absolute atomic E-state index is 11.7. The van der Waals surface area contributed by atoms with Gasteiger partial charge >= 0.3 is 0 Å². The zero-order chi connectivity index (χ0) is 12.3. The van der Waals surface area contributed by atoms with E-state index in [0.717, 1.165) is 5.69 Å². The number of anilines is 1.